The van der Waals surface area contributed by atoms with Crippen molar-refractivity contribution < 1.29 is 4.79 Å². The molecule has 0 saturated heterocycles. The molecule has 4 rings (SSSR count). The zero-order chi connectivity index (χ0) is 14.7. The van der Waals surface area contributed by atoms with Gasteiger partial charge in [-0.05, 0) is 37.1 Å². The van der Waals surface area contributed by atoms with Crippen LogP contribution >= 0.6 is 0 Å². The number of amides is 1. The highest BCUT2D eigenvalue weighted by atomic mass is 16.1. The number of aromatic nitrogens is 2. The summed E-state index contributed by atoms with van der Waals surface area (Å²) in [6.45, 7) is 4.00. The molecule has 21 heavy (non-hydrogen) atoms. The van der Waals surface area contributed by atoms with E-state index in [2.05, 4.69) is 35.1 Å². The molecule has 0 atom stereocenters. The van der Waals surface area contributed by atoms with E-state index in [0.717, 1.165) is 38.4 Å². The Kier molecular flexibility index (Phi) is 2.22. The minimum absolute atomic E-state index is 0.424. The number of para-hydroxylation sites is 1. The molecule has 4 N–H and O–H groups in total. The van der Waals surface area contributed by atoms with Crippen molar-refractivity contribution in [3.63, 3.8) is 0 Å². The number of hydrogen-bond donors (Lipinski definition) is 3. The van der Waals surface area contributed by atoms with E-state index in [0.29, 0.717) is 5.69 Å². The number of primary amides is 1. The summed E-state index contributed by atoms with van der Waals surface area (Å²) in [6, 6.07) is 10.4. The lowest BCUT2D eigenvalue weighted by atomic mass is 10.0. The Morgan fingerprint density at radius 2 is 1.81 bits per heavy atom. The van der Waals surface area contributed by atoms with Crippen molar-refractivity contribution in [2.75, 3.05) is 0 Å². The fourth-order valence-corrected chi connectivity index (χ4v) is 3.32. The van der Waals surface area contributed by atoms with Crippen LogP contribution in [0.2, 0.25) is 0 Å². The molecule has 4 aromatic rings. The molecular weight excluding hydrogens is 262 g/mol. The summed E-state index contributed by atoms with van der Waals surface area (Å²) in [4.78, 5) is 18.2. The van der Waals surface area contributed by atoms with Crippen molar-refractivity contribution in [1.29, 1.82) is 0 Å². The maximum absolute atomic E-state index is 11.6. The van der Waals surface area contributed by atoms with E-state index in [1.807, 2.05) is 19.1 Å². The normalized spacial score (nSPS) is 11.7. The molecule has 0 unspecified atom stereocenters. The monoisotopic (exact) mass is 277 g/mol. The molecule has 0 aliphatic carbocycles. The molecule has 4 nitrogen and oxygen atoms in total. The molecule has 2 aromatic heterocycles. The number of carbonyl (C=O) groups excluding carboxylic acids is 1. The number of benzene rings is 2. The third kappa shape index (κ3) is 1.47. The van der Waals surface area contributed by atoms with Crippen LogP contribution in [0.25, 0.3) is 32.7 Å². The third-order valence-corrected chi connectivity index (χ3v) is 4.25. The van der Waals surface area contributed by atoms with Crippen LogP contribution in [0.3, 0.4) is 0 Å². The summed E-state index contributed by atoms with van der Waals surface area (Å²) in [7, 11) is 0. The molecule has 2 heterocycles. The lowest BCUT2D eigenvalue weighted by Gasteiger charge is -2.00. The minimum atomic E-state index is -0.424. The van der Waals surface area contributed by atoms with Gasteiger partial charge in [0.1, 0.15) is 5.69 Å². The molecule has 104 valence electrons. The van der Waals surface area contributed by atoms with Crippen molar-refractivity contribution in [2.24, 2.45) is 5.73 Å². The molecule has 1 amide bonds. The van der Waals surface area contributed by atoms with Crippen molar-refractivity contribution in [1.82, 2.24) is 9.97 Å². The van der Waals surface area contributed by atoms with Gasteiger partial charge in [0.15, 0.2) is 0 Å². The highest BCUT2D eigenvalue weighted by Gasteiger charge is 2.17. The Labute approximate surface area is 120 Å². The van der Waals surface area contributed by atoms with Gasteiger partial charge in [-0.25, -0.2) is 0 Å². The molecule has 0 saturated carbocycles. The van der Waals surface area contributed by atoms with E-state index < -0.39 is 5.91 Å². The van der Waals surface area contributed by atoms with Crippen molar-refractivity contribution in [3.8, 4) is 0 Å². The maximum Gasteiger partial charge on any atom is 0.265 e. The van der Waals surface area contributed by atoms with Gasteiger partial charge in [0.2, 0.25) is 0 Å². The fourth-order valence-electron chi connectivity index (χ4n) is 3.32. The smallest absolute Gasteiger partial charge is 0.265 e. The molecule has 0 spiro atoms. The molecule has 0 aliphatic heterocycles. The van der Waals surface area contributed by atoms with Crippen molar-refractivity contribution in [2.45, 2.75) is 13.8 Å². The number of aryl methyl sites for hydroxylation is 2. The van der Waals surface area contributed by atoms with E-state index in [4.69, 9.17) is 5.73 Å². The number of H-pyrrole nitrogens is 2. The van der Waals surface area contributed by atoms with Gasteiger partial charge in [-0.2, -0.15) is 0 Å². The van der Waals surface area contributed by atoms with Crippen LogP contribution in [0.5, 0.6) is 0 Å². The second-order valence-corrected chi connectivity index (χ2v) is 5.53. The first-order valence-corrected chi connectivity index (χ1v) is 6.90. The third-order valence-electron chi connectivity index (χ3n) is 4.25. The Balaban J connectivity index is 2.28. The molecule has 0 aliphatic rings. The van der Waals surface area contributed by atoms with Crippen LogP contribution in [-0.2, 0) is 0 Å². The maximum atomic E-state index is 11.6. The first kappa shape index (κ1) is 12.0. The molecule has 4 heteroatoms. The topological polar surface area (TPSA) is 74.7 Å². The number of nitrogens with one attached hydrogen (secondary N) is 2. The van der Waals surface area contributed by atoms with E-state index in [-0.39, 0.29) is 0 Å². The van der Waals surface area contributed by atoms with Crippen LogP contribution < -0.4 is 5.73 Å². The zero-order valence-electron chi connectivity index (χ0n) is 11.9. The number of aromatic amines is 2. The number of carbonyl (C=O) groups is 1. The van der Waals surface area contributed by atoms with Gasteiger partial charge in [0, 0.05) is 21.7 Å². The van der Waals surface area contributed by atoms with Gasteiger partial charge in [0.05, 0.1) is 11.0 Å². The molecule has 0 bridgehead atoms. The standard InChI is InChI=1S/C17H15N3O/c1-8-7-11-10-5-3-4-6-12(10)19-15(11)16-13(8)9(2)14(20-16)17(18)21/h3-7,19-20H,1-2H3,(H2,18,21). The van der Waals surface area contributed by atoms with E-state index >= 15 is 0 Å². The van der Waals surface area contributed by atoms with Gasteiger partial charge in [-0.1, -0.05) is 18.2 Å². The lowest BCUT2D eigenvalue weighted by molar-refractivity contribution is 0.0996. The molecular formula is C17H15N3O. The summed E-state index contributed by atoms with van der Waals surface area (Å²) in [5.74, 6) is -0.424. The van der Waals surface area contributed by atoms with Crippen LogP contribution in [0.4, 0.5) is 0 Å². The Hall–Kier alpha value is -2.75. The first-order valence-electron chi connectivity index (χ1n) is 6.90. The summed E-state index contributed by atoms with van der Waals surface area (Å²) < 4.78 is 0. The predicted octanol–water partition coefficient (Wildman–Crippen LogP) is 3.52. The molecule has 2 aromatic carbocycles. The SMILES string of the molecule is Cc1cc2c3ccccc3[nH]c2c2[nH]c(C(N)=O)c(C)c12. The zero-order valence-corrected chi connectivity index (χ0v) is 11.9. The Morgan fingerprint density at radius 3 is 2.57 bits per heavy atom. The van der Waals surface area contributed by atoms with Crippen LogP contribution in [0, 0.1) is 13.8 Å². The van der Waals surface area contributed by atoms with E-state index in [9.17, 15) is 4.79 Å². The second-order valence-electron chi connectivity index (χ2n) is 5.53. The molecule has 0 fully saturated rings. The van der Waals surface area contributed by atoms with Crippen LogP contribution in [0.15, 0.2) is 30.3 Å². The first-order chi connectivity index (χ1) is 10.1. The number of hydrogen-bond acceptors (Lipinski definition) is 1. The van der Waals surface area contributed by atoms with E-state index in [1.54, 1.807) is 0 Å². The highest BCUT2D eigenvalue weighted by molar-refractivity contribution is 6.18. The highest BCUT2D eigenvalue weighted by Crippen LogP contribution is 2.35. The quantitative estimate of drug-likeness (QED) is 0.489. The number of rotatable bonds is 1. The Morgan fingerprint density at radius 1 is 1.05 bits per heavy atom. The lowest BCUT2D eigenvalue weighted by Crippen LogP contribution is -2.12. The number of fused-ring (bicyclic) bond motifs is 5. The van der Waals surface area contributed by atoms with Crippen molar-refractivity contribution in [3.05, 3.63) is 47.2 Å². The van der Waals surface area contributed by atoms with E-state index in [1.165, 1.54) is 5.39 Å². The second kappa shape index (κ2) is 3.88. The van der Waals surface area contributed by atoms with Crippen LogP contribution in [-0.4, -0.2) is 15.9 Å². The summed E-state index contributed by atoms with van der Waals surface area (Å²) >= 11 is 0. The predicted molar refractivity (Wildman–Crippen MR) is 85.7 cm³/mol. The average Bonchev–Trinajstić information content (AvgIpc) is 2.98. The largest absolute Gasteiger partial charge is 0.364 e. The van der Waals surface area contributed by atoms with Gasteiger partial charge in [0.25, 0.3) is 5.91 Å². The van der Waals surface area contributed by atoms with Gasteiger partial charge < -0.3 is 15.7 Å². The minimum Gasteiger partial charge on any atom is -0.364 e. The summed E-state index contributed by atoms with van der Waals surface area (Å²) in [6.07, 6.45) is 0. The summed E-state index contributed by atoms with van der Waals surface area (Å²) in [5, 5.41) is 3.42. The average molecular weight is 277 g/mol. The van der Waals surface area contributed by atoms with Gasteiger partial charge >= 0.3 is 0 Å². The van der Waals surface area contributed by atoms with Gasteiger partial charge in [-0.15, -0.1) is 0 Å². The van der Waals surface area contributed by atoms with Crippen molar-refractivity contribution >= 4 is 38.6 Å². The molecule has 0 radical (unpaired) electrons. The Bertz CT molecular complexity index is 1040. The van der Waals surface area contributed by atoms with Crippen LogP contribution in [0.1, 0.15) is 21.6 Å². The summed E-state index contributed by atoms with van der Waals surface area (Å²) in [5.41, 5.74) is 11.1. The van der Waals surface area contributed by atoms with Gasteiger partial charge in [-0.3, -0.25) is 4.79 Å². The fraction of sp³-hybridized carbons (Fsp3) is 0.118. The number of nitrogens with two attached hydrogens (primary N) is 1.